The Hall–Kier alpha value is -2.13. The molecule has 0 spiro atoms. The summed E-state index contributed by atoms with van der Waals surface area (Å²) in [7, 11) is 0. The number of benzene rings is 1. The first-order valence-corrected chi connectivity index (χ1v) is 6.44. The van der Waals surface area contributed by atoms with Crippen LogP contribution in [0.1, 0.15) is 31.7 Å². The predicted molar refractivity (Wildman–Crippen MR) is 75.4 cm³/mol. The van der Waals surface area contributed by atoms with Gasteiger partial charge in [0.1, 0.15) is 11.3 Å². The van der Waals surface area contributed by atoms with Gasteiger partial charge >= 0.3 is 0 Å². The zero-order valence-electron chi connectivity index (χ0n) is 11.8. The number of hydrogen-bond acceptors (Lipinski definition) is 5. The molecular weight excluding hydrogens is 258 g/mol. The third kappa shape index (κ3) is 4.86. The molecular formula is C14H19N3O3. The second kappa shape index (κ2) is 6.87. The maximum Gasteiger partial charge on any atom is 0.273 e. The van der Waals surface area contributed by atoms with E-state index in [1.54, 1.807) is 13.0 Å². The van der Waals surface area contributed by atoms with Gasteiger partial charge in [-0.3, -0.25) is 10.1 Å². The minimum Gasteiger partial charge on any atom is -0.493 e. The van der Waals surface area contributed by atoms with Crippen LogP contribution in [0.4, 0.5) is 5.69 Å². The van der Waals surface area contributed by atoms with Gasteiger partial charge in [0.15, 0.2) is 0 Å². The lowest BCUT2D eigenvalue weighted by atomic mass is 9.98. The summed E-state index contributed by atoms with van der Waals surface area (Å²) >= 11 is 0. The van der Waals surface area contributed by atoms with Crippen molar-refractivity contribution in [3.8, 4) is 11.8 Å². The molecule has 20 heavy (non-hydrogen) atoms. The highest BCUT2D eigenvalue weighted by molar-refractivity contribution is 5.43. The first kappa shape index (κ1) is 15.9. The van der Waals surface area contributed by atoms with Crippen LogP contribution in [0.2, 0.25) is 0 Å². The molecule has 0 aromatic heterocycles. The van der Waals surface area contributed by atoms with Crippen molar-refractivity contribution in [2.75, 3.05) is 6.61 Å². The molecule has 0 bridgehead atoms. The molecule has 0 aliphatic rings. The van der Waals surface area contributed by atoms with Gasteiger partial charge in [-0.05, 0) is 44.7 Å². The lowest BCUT2D eigenvalue weighted by molar-refractivity contribution is -0.384. The zero-order valence-corrected chi connectivity index (χ0v) is 11.8. The maximum absolute atomic E-state index is 10.7. The number of nitro benzene ring substituents is 1. The van der Waals surface area contributed by atoms with Crippen molar-refractivity contribution in [3.63, 3.8) is 0 Å². The SMILES string of the molecule is Cc1ccc([N+](=O)[O-])cc1OCCCCC(C)(N)C#N. The van der Waals surface area contributed by atoms with Crippen LogP contribution in [0.3, 0.4) is 0 Å². The third-order valence-corrected chi connectivity index (χ3v) is 2.99. The molecule has 1 aromatic carbocycles. The number of nitrogens with two attached hydrogens (primary N) is 1. The van der Waals surface area contributed by atoms with Gasteiger partial charge in [0, 0.05) is 6.07 Å². The Balaban J connectivity index is 2.45. The molecule has 108 valence electrons. The molecule has 6 nitrogen and oxygen atoms in total. The molecule has 0 heterocycles. The van der Waals surface area contributed by atoms with Crippen LogP contribution in [0, 0.1) is 28.4 Å². The quantitative estimate of drug-likeness (QED) is 0.469. The standard InChI is InChI=1S/C14H19N3O3/c1-11-5-6-12(17(18)19)9-13(11)20-8-4-3-7-14(2,16)10-15/h5-6,9H,3-4,7-8,16H2,1-2H3. The van der Waals surface area contributed by atoms with E-state index in [1.165, 1.54) is 12.1 Å². The monoisotopic (exact) mass is 277 g/mol. The van der Waals surface area contributed by atoms with E-state index in [1.807, 2.05) is 13.0 Å². The minimum atomic E-state index is -0.804. The smallest absolute Gasteiger partial charge is 0.273 e. The van der Waals surface area contributed by atoms with Gasteiger partial charge in [-0.1, -0.05) is 0 Å². The van der Waals surface area contributed by atoms with Crippen LogP contribution < -0.4 is 10.5 Å². The van der Waals surface area contributed by atoms with Crippen molar-refractivity contribution < 1.29 is 9.66 Å². The second-order valence-corrected chi connectivity index (χ2v) is 5.04. The van der Waals surface area contributed by atoms with E-state index in [4.69, 9.17) is 15.7 Å². The van der Waals surface area contributed by atoms with Crippen LogP contribution in [0.25, 0.3) is 0 Å². The number of rotatable bonds is 7. The van der Waals surface area contributed by atoms with Gasteiger partial charge in [-0.25, -0.2) is 0 Å². The molecule has 1 rings (SSSR count). The molecule has 1 aromatic rings. The Bertz CT molecular complexity index is 521. The molecule has 0 saturated heterocycles. The summed E-state index contributed by atoms with van der Waals surface area (Å²) in [6.07, 6.45) is 2.12. The predicted octanol–water partition coefficient (Wildman–Crippen LogP) is 2.69. The largest absolute Gasteiger partial charge is 0.493 e. The number of nitriles is 1. The lowest BCUT2D eigenvalue weighted by Crippen LogP contribution is -2.33. The Labute approximate surface area is 118 Å². The van der Waals surface area contributed by atoms with Crippen molar-refractivity contribution in [1.82, 2.24) is 0 Å². The summed E-state index contributed by atoms with van der Waals surface area (Å²) < 4.78 is 5.55. The van der Waals surface area contributed by atoms with E-state index < -0.39 is 10.5 Å². The average molecular weight is 277 g/mol. The molecule has 2 N–H and O–H groups in total. The Morgan fingerprint density at radius 1 is 1.50 bits per heavy atom. The number of aryl methyl sites for hydroxylation is 1. The van der Waals surface area contributed by atoms with E-state index in [9.17, 15) is 10.1 Å². The van der Waals surface area contributed by atoms with Gasteiger partial charge in [0.05, 0.1) is 23.7 Å². The number of ether oxygens (including phenoxy) is 1. The highest BCUT2D eigenvalue weighted by Gasteiger charge is 2.16. The topological polar surface area (TPSA) is 102 Å². The number of nitro groups is 1. The summed E-state index contributed by atoms with van der Waals surface area (Å²) in [5.74, 6) is 0.523. The Kier molecular flexibility index (Phi) is 5.47. The molecule has 1 atom stereocenters. The summed E-state index contributed by atoms with van der Waals surface area (Å²) in [6, 6.07) is 6.59. The van der Waals surface area contributed by atoms with Crippen LogP contribution in [0.15, 0.2) is 18.2 Å². The molecule has 0 aliphatic heterocycles. The van der Waals surface area contributed by atoms with Gasteiger partial charge < -0.3 is 10.5 Å². The lowest BCUT2D eigenvalue weighted by Gasteiger charge is -2.15. The van der Waals surface area contributed by atoms with Gasteiger partial charge in [0.25, 0.3) is 5.69 Å². The fourth-order valence-corrected chi connectivity index (χ4v) is 1.69. The first-order chi connectivity index (χ1) is 9.35. The van der Waals surface area contributed by atoms with E-state index in [-0.39, 0.29) is 5.69 Å². The highest BCUT2D eigenvalue weighted by Crippen LogP contribution is 2.24. The summed E-state index contributed by atoms with van der Waals surface area (Å²) in [5.41, 5.74) is 5.78. The van der Waals surface area contributed by atoms with Crippen molar-refractivity contribution in [2.45, 2.75) is 38.6 Å². The minimum absolute atomic E-state index is 0.0182. The fraction of sp³-hybridized carbons (Fsp3) is 0.500. The first-order valence-electron chi connectivity index (χ1n) is 6.44. The van der Waals surface area contributed by atoms with Crippen molar-refractivity contribution in [1.29, 1.82) is 5.26 Å². The third-order valence-electron chi connectivity index (χ3n) is 2.99. The molecule has 0 fully saturated rings. The van der Waals surface area contributed by atoms with E-state index in [0.29, 0.717) is 18.8 Å². The molecule has 0 radical (unpaired) electrons. The number of unbranched alkanes of at least 4 members (excludes halogenated alkanes) is 1. The van der Waals surface area contributed by atoms with Crippen molar-refractivity contribution >= 4 is 5.69 Å². The molecule has 0 amide bonds. The summed E-state index contributed by atoms with van der Waals surface area (Å²) in [6.45, 7) is 3.98. The second-order valence-electron chi connectivity index (χ2n) is 5.04. The van der Waals surface area contributed by atoms with Crippen molar-refractivity contribution in [3.05, 3.63) is 33.9 Å². The normalized spacial score (nSPS) is 13.3. The maximum atomic E-state index is 10.7. The number of hydrogen-bond donors (Lipinski definition) is 1. The Morgan fingerprint density at radius 2 is 2.20 bits per heavy atom. The average Bonchev–Trinajstić information content (AvgIpc) is 2.40. The number of nitrogens with zero attached hydrogens (tertiary/aromatic N) is 2. The zero-order chi connectivity index (χ0) is 15.2. The van der Waals surface area contributed by atoms with Gasteiger partial charge in [0.2, 0.25) is 0 Å². The van der Waals surface area contributed by atoms with E-state index >= 15 is 0 Å². The fourth-order valence-electron chi connectivity index (χ4n) is 1.69. The summed E-state index contributed by atoms with van der Waals surface area (Å²) in [5, 5.41) is 19.5. The molecule has 6 heteroatoms. The van der Waals surface area contributed by atoms with Crippen LogP contribution in [-0.4, -0.2) is 17.1 Å². The van der Waals surface area contributed by atoms with Gasteiger partial charge in [-0.15, -0.1) is 0 Å². The molecule has 1 unspecified atom stereocenters. The van der Waals surface area contributed by atoms with E-state index in [0.717, 1.165) is 18.4 Å². The van der Waals surface area contributed by atoms with Gasteiger partial charge in [-0.2, -0.15) is 5.26 Å². The Morgan fingerprint density at radius 3 is 2.80 bits per heavy atom. The molecule has 0 aliphatic carbocycles. The summed E-state index contributed by atoms with van der Waals surface area (Å²) in [4.78, 5) is 10.2. The van der Waals surface area contributed by atoms with Crippen LogP contribution in [0.5, 0.6) is 5.75 Å². The van der Waals surface area contributed by atoms with E-state index in [2.05, 4.69) is 0 Å². The molecule has 0 saturated carbocycles. The van der Waals surface area contributed by atoms with Crippen LogP contribution in [-0.2, 0) is 0 Å². The highest BCUT2D eigenvalue weighted by atomic mass is 16.6. The number of non-ortho nitro benzene ring substituents is 1. The van der Waals surface area contributed by atoms with Crippen LogP contribution >= 0.6 is 0 Å². The van der Waals surface area contributed by atoms with Crippen molar-refractivity contribution in [2.24, 2.45) is 5.73 Å².